The van der Waals surface area contributed by atoms with Gasteiger partial charge in [0, 0.05) is 6.04 Å². The molecular formula is C11H16N2O2. The minimum Gasteiger partial charge on any atom is -0.467 e. The van der Waals surface area contributed by atoms with Crippen molar-refractivity contribution in [3.05, 3.63) is 24.2 Å². The smallest absolute Gasteiger partial charge is 0.234 e. The second-order valence-corrected chi connectivity index (χ2v) is 3.86. The Morgan fingerprint density at radius 3 is 3.00 bits per heavy atom. The van der Waals surface area contributed by atoms with Crippen LogP contribution < -0.4 is 10.6 Å². The first-order chi connectivity index (χ1) is 7.34. The Bertz CT molecular complexity index is 304. The van der Waals surface area contributed by atoms with Gasteiger partial charge in [0.05, 0.1) is 19.4 Å². The largest absolute Gasteiger partial charge is 0.467 e. The Morgan fingerprint density at radius 2 is 2.40 bits per heavy atom. The van der Waals surface area contributed by atoms with E-state index in [1.807, 2.05) is 12.1 Å². The van der Waals surface area contributed by atoms with E-state index in [0.29, 0.717) is 19.1 Å². The highest BCUT2D eigenvalue weighted by molar-refractivity contribution is 5.77. The predicted molar refractivity (Wildman–Crippen MR) is 56.2 cm³/mol. The lowest BCUT2D eigenvalue weighted by Gasteiger charge is -2.26. The van der Waals surface area contributed by atoms with E-state index in [4.69, 9.17) is 4.42 Å². The summed E-state index contributed by atoms with van der Waals surface area (Å²) in [5, 5.41) is 6.00. The third-order valence-corrected chi connectivity index (χ3v) is 2.70. The molecule has 4 heteroatoms. The van der Waals surface area contributed by atoms with E-state index in [2.05, 4.69) is 10.6 Å². The van der Waals surface area contributed by atoms with Crippen molar-refractivity contribution in [1.29, 1.82) is 0 Å². The fourth-order valence-electron chi connectivity index (χ4n) is 1.51. The van der Waals surface area contributed by atoms with Crippen molar-refractivity contribution < 1.29 is 9.21 Å². The van der Waals surface area contributed by atoms with Crippen LogP contribution in [0.25, 0.3) is 0 Å². The molecule has 0 unspecified atom stereocenters. The molecule has 0 radical (unpaired) electrons. The Kier molecular flexibility index (Phi) is 3.40. The maximum absolute atomic E-state index is 11.4. The Hall–Kier alpha value is -1.29. The summed E-state index contributed by atoms with van der Waals surface area (Å²) >= 11 is 0. The lowest BCUT2D eigenvalue weighted by molar-refractivity contribution is -0.120. The molecule has 1 aliphatic rings. The number of nitrogens with one attached hydrogen (secondary N) is 2. The molecule has 1 aromatic rings. The zero-order valence-electron chi connectivity index (χ0n) is 8.66. The molecule has 15 heavy (non-hydrogen) atoms. The maximum atomic E-state index is 11.4. The van der Waals surface area contributed by atoms with Gasteiger partial charge in [-0.15, -0.1) is 0 Å². The average Bonchev–Trinajstić information content (AvgIpc) is 2.64. The molecule has 0 bridgehead atoms. The first-order valence-corrected chi connectivity index (χ1v) is 5.37. The van der Waals surface area contributed by atoms with Crippen molar-refractivity contribution in [2.24, 2.45) is 0 Å². The molecule has 4 nitrogen and oxygen atoms in total. The molecule has 1 heterocycles. The van der Waals surface area contributed by atoms with Crippen molar-refractivity contribution in [3.8, 4) is 0 Å². The van der Waals surface area contributed by atoms with Gasteiger partial charge in [0.15, 0.2) is 0 Å². The molecule has 0 saturated heterocycles. The van der Waals surface area contributed by atoms with E-state index in [0.717, 1.165) is 5.76 Å². The first-order valence-electron chi connectivity index (χ1n) is 5.37. The SMILES string of the molecule is O=C(CNC1CCC1)NCc1ccco1. The predicted octanol–water partition coefficient (Wildman–Crippen LogP) is 1.04. The van der Waals surface area contributed by atoms with Crippen LogP contribution in [-0.2, 0) is 11.3 Å². The molecule has 2 N–H and O–H groups in total. The molecular weight excluding hydrogens is 192 g/mol. The van der Waals surface area contributed by atoms with E-state index in [9.17, 15) is 4.79 Å². The molecule has 0 spiro atoms. The number of amides is 1. The van der Waals surface area contributed by atoms with Crippen LogP contribution in [-0.4, -0.2) is 18.5 Å². The molecule has 1 aromatic heterocycles. The summed E-state index contributed by atoms with van der Waals surface area (Å²) in [6.07, 6.45) is 5.29. The molecule has 0 aromatic carbocycles. The van der Waals surface area contributed by atoms with E-state index >= 15 is 0 Å². The van der Waals surface area contributed by atoms with Crippen LogP contribution >= 0.6 is 0 Å². The van der Waals surface area contributed by atoms with Crippen LogP contribution in [0.3, 0.4) is 0 Å². The van der Waals surface area contributed by atoms with Crippen molar-refractivity contribution in [1.82, 2.24) is 10.6 Å². The van der Waals surface area contributed by atoms with Crippen molar-refractivity contribution in [2.45, 2.75) is 31.8 Å². The zero-order valence-corrected chi connectivity index (χ0v) is 8.66. The average molecular weight is 208 g/mol. The summed E-state index contributed by atoms with van der Waals surface area (Å²) in [5.74, 6) is 0.810. The number of carbonyl (C=O) groups excluding carboxylic acids is 1. The quantitative estimate of drug-likeness (QED) is 0.760. The van der Waals surface area contributed by atoms with Crippen molar-refractivity contribution in [2.75, 3.05) is 6.54 Å². The normalized spacial score (nSPS) is 16.0. The van der Waals surface area contributed by atoms with E-state index < -0.39 is 0 Å². The third kappa shape index (κ3) is 3.09. The highest BCUT2D eigenvalue weighted by Crippen LogP contribution is 2.17. The fraction of sp³-hybridized carbons (Fsp3) is 0.545. The van der Waals surface area contributed by atoms with Crippen LogP contribution in [0.15, 0.2) is 22.8 Å². The molecule has 82 valence electrons. The summed E-state index contributed by atoms with van der Waals surface area (Å²) in [6, 6.07) is 4.22. The second kappa shape index (κ2) is 4.98. The lowest BCUT2D eigenvalue weighted by atomic mass is 9.93. The summed E-state index contributed by atoms with van der Waals surface area (Å²) in [7, 11) is 0. The van der Waals surface area contributed by atoms with Crippen molar-refractivity contribution in [3.63, 3.8) is 0 Å². The third-order valence-electron chi connectivity index (χ3n) is 2.70. The minimum absolute atomic E-state index is 0.0262. The van der Waals surface area contributed by atoms with Crippen LogP contribution in [0.2, 0.25) is 0 Å². The highest BCUT2D eigenvalue weighted by Gasteiger charge is 2.17. The van der Waals surface area contributed by atoms with Gasteiger partial charge in [-0.25, -0.2) is 0 Å². The van der Waals surface area contributed by atoms with Gasteiger partial charge >= 0.3 is 0 Å². The van der Waals surface area contributed by atoms with Gasteiger partial charge in [0.2, 0.25) is 5.91 Å². The summed E-state index contributed by atoms with van der Waals surface area (Å²) in [6.45, 7) is 0.879. The van der Waals surface area contributed by atoms with E-state index in [-0.39, 0.29) is 5.91 Å². The lowest BCUT2D eigenvalue weighted by Crippen LogP contribution is -2.42. The maximum Gasteiger partial charge on any atom is 0.234 e. The highest BCUT2D eigenvalue weighted by atomic mass is 16.3. The molecule has 1 saturated carbocycles. The number of carbonyl (C=O) groups is 1. The summed E-state index contributed by atoms with van der Waals surface area (Å²) in [5.41, 5.74) is 0. The number of furan rings is 1. The summed E-state index contributed by atoms with van der Waals surface area (Å²) in [4.78, 5) is 11.4. The van der Waals surface area contributed by atoms with E-state index in [1.54, 1.807) is 6.26 Å². The topological polar surface area (TPSA) is 54.3 Å². The Balaban J connectivity index is 1.60. The van der Waals surface area contributed by atoms with Gasteiger partial charge < -0.3 is 15.1 Å². The molecule has 1 fully saturated rings. The van der Waals surface area contributed by atoms with Crippen LogP contribution in [0.5, 0.6) is 0 Å². The van der Waals surface area contributed by atoms with Crippen LogP contribution in [0.4, 0.5) is 0 Å². The molecule has 1 amide bonds. The summed E-state index contributed by atoms with van der Waals surface area (Å²) < 4.78 is 5.11. The van der Waals surface area contributed by atoms with Gasteiger partial charge in [-0.05, 0) is 25.0 Å². The number of hydrogen-bond donors (Lipinski definition) is 2. The molecule has 1 aliphatic carbocycles. The van der Waals surface area contributed by atoms with Gasteiger partial charge in [0.1, 0.15) is 5.76 Å². The molecule has 2 rings (SSSR count). The minimum atomic E-state index is 0.0262. The number of rotatable bonds is 5. The van der Waals surface area contributed by atoms with Gasteiger partial charge in [-0.2, -0.15) is 0 Å². The first kappa shape index (κ1) is 10.2. The molecule has 0 atom stereocenters. The van der Waals surface area contributed by atoms with E-state index in [1.165, 1.54) is 19.3 Å². The number of hydrogen-bond acceptors (Lipinski definition) is 3. The standard InChI is InChI=1S/C11H16N2O2/c14-11(8-12-9-3-1-4-9)13-7-10-5-2-6-15-10/h2,5-6,9,12H,1,3-4,7-8H2,(H,13,14). The fourth-order valence-corrected chi connectivity index (χ4v) is 1.51. The van der Waals surface area contributed by atoms with Gasteiger partial charge in [-0.3, -0.25) is 4.79 Å². The van der Waals surface area contributed by atoms with Gasteiger partial charge in [-0.1, -0.05) is 6.42 Å². The second-order valence-electron chi connectivity index (χ2n) is 3.86. The Labute approximate surface area is 89.0 Å². The zero-order chi connectivity index (χ0) is 10.5. The van der Waals surface area contributed by atoms with Gasteiger partial charge in [0.25, 0.3) is 0 Å². The Morgan fingerprint density at radius 1 is 1.53 bits per heavy atom. The van der Waals surface area contributed by atoms with Crippen molar-refractivity contribution >= 4 is 5.91 Å². The van der Waals surface area contributed by atoms with Crippen LogP contribution in [0.1, 0.15) is 25.0 Å². The monoisotopic (exact) mass is 208 g/mol. The molecule has 0 aliphatic heterocycles. The van der Waals surface area contributed by atoms with Crippen LogP contribution in [0, 0.1) is 0 Å².